The van der Waals surface area contributed by atoms with E-state index in [4.69, 9.17) is 0 Å². The van der Waals surface area contributed by atoms with Crippen molar-refractivity contribution in [1.82, 2.24) is 0 Å². The van der Waals surface area contributed by atoms with E-state index in [0.29, 0.717) is 0 Å². The molecule has 0 spiro atoms. The summed E-state index contributed by atoms with van der Waals surface area (Å²) in [5.41, 5.74) is 0.937. The van der Waals surface area contributed by atoms with Gasteiger partial charge in [0.25, 0.3) is 5.70 Å². The van der Waals surface area contributed by atoms with Crippen molar-refractivity contribution in [2.24, 2.45) is 0 Å². The summed E-state index contributed by atoms with van der Waals surface area (Å²) in [6.07, 6.45) is 4.16. The second-order valence-electron chi connectivity index (χ2n) is 2.45. The minimum absolute atomic E-state index is 0.201. The van der Waals surface area contributed by atoms with E-state index in [1.807, 2.05) is 6.92 Å². The van der Waals surface area contributed by atoms with Crippen LogP contribution in [0, 0.1) is 10.1 Å². The summed E-state index contributed by atoms with van der Waals surface area (Å²) in [5.74, 6) is 0. The van der Waals surface area contributed by atoms with Gasteiger partial charge in [-0.2, -0.15) is 0 Å². The zero-order chi connectivity index (χ0) is 8.85. The fourth-order valence-corrected chi connectivity index (χ4v) is 0.640. The Hall–Kier alpha value is -1.12. The standard InChI is InChI=1S/C8H13NO2/c1-4-5-6-8(7(2)3)9(10)11/h5-6H,4H2,1-3H3/b6-5-. The molecule has 3 heteroatoms. The summed E-state index contributed by atoms with van der Waals surface area (Å²) in [6.45, 7) is 5.41. The van der Waals surface area contributed by atoms with Crippen LogP contribution in [-0.4, -0.2) is 4.92 Å². The van der Waals surface area contributed by atoms with Crippen LogP contribution in [0.4, 0.5) is 0 Å². The fourth-order valence-electron chi connectivity index (χ4n) is 0.640. The average molecular weight is 155 g/mol. The molecule has 0 aromatic heterocycles. The minimum atomic E-state index is -0.360. The molecule has 0 atom stereocenters. The molecule has 0 radical (unpaired) electrons. The molecule has 0 bridgehead atoms. The Morgan fingerprint density at radius 3 is 2.36 bits per heavy atom. The maximum absolute atomic E-state index is 10.3. The average Bonchev–Trinajstić information content (AvgIpc) is 1.87. The third-order valence-corrected chi connectivity index (χ3v) is 1.22. The quantitative estimate of drug-likeness (QED) is 0.357. The zero-order valence-corrected chi connectivity index (χ0v) is 7.13. The highest BCUT2D eigenvalue weighted by Crippen LogP contribution is 2.05. The molecule has 0 saturated carbocycles. The smallest absolute Gasteiger partial charge is 0.258 e. The van der Waals surface area contributed by atoms with Crippen LogP contribution in [0.5, 0.6) is 0 Å². The molecule has 3 nitrogen and oxygen atoms in total. The molecular formula is C8H13NO2. The molecule has 11 heavy (non-hydrogen) atoms. The monoisotopic (exact) mass is 155 g/mol. The summed E-state index contributed by atoms with van der Waals surface area (Å²) >= 11 is 0. The van der Waals surface area contributed by atoms with Crippen molar-refractivity contribution in [3.63, 3.8) is 0 Å². The van der Waals surface area contributed by atoms with Crippen LogP contribution in [0.15, 0.2) is 23.4 Å². The van der Waals surface area contributed by atoms with Gasteiger partial charge in [0.1, 0.15) is 0 Å². The van der Waals surface area contributed by atoms with E-state index in [0.717, 1.165) is 12.0 Å². The lowest BCUT2D eigenvalue weighted by Gasteiger charge is -1.92. The van der Waals surface area contributed by atoms with E-state index >= 15 is 0 Å². The summed E-state index contributed by atoms with van der Waals surface area (Å²) in [5, 5.41) is 10.3. The summed E-state index contributed by atoms with van der Waals surface area (Å²) in [4.78, 5) is 9.98. The minimum Gasteiger partial charge on any atom is -0.258 e. The third kappa shape index (κ3) is 3.55. The number of nitrogens with zero attached hydrogens (tertiary/aromatic N) is 1. The number of hydrogen-bond donors (Lipinski definition) is 0. The van der Waals surface area contributed by atoms with Crippen LogP contribution in [0.2, 0.25) is 0 Å². The molecule has 0 saturated heterocycles. The van der Waals surface area contributed by atoms with Crippen LogP contribution in [0.3, 0.4) is 0 Å². The maximum atomic E-state index is 10.3. The van der Waals surface area contributed by atoms with Gasteiger partial charge in [-0.05, 0) is 20.3 Å². The molecule has 0 fully saturated rings. The van der Waals surface area contributed by atoms with Gasteiger partial charge in [0.15, 0.2) is 0 Å². The van der Waals surface area contributed by atoms with Gasteiger partial charge in [0, 0.05) is 11.6 Å². The SMILES string of the molecule is CC/C=C\C(=C(C)C)[N+](=O)[O-]. The second kappa shape index (κ2) is 4.66. The van der Waals surface area contributed by atoms with Crippen LogP contribution in [0.25, 0.3) is 0 Å². The van der Waals surface area contributed by atoms with E-state index in [1.54, 1.807) is 26.0 Å². The van der Waals surface area contributed by atoms with Crippen LogP contribution >= 0.6 is 0 Å². The van der Waals surface area contributed by atoms with Gasteiger partial charge in [-0.25, -0.2) is 0 Å². The lowest BCUT2D eigenvalue weighted by molar-refractivity contribution is -0.420. The number of nitro groups is 1. The Bertz CT molecular complexity index is 200. The second-order valence-corrected chi connectivity index (χ2v) is 2.45. The van der Waals surface area contributed by atoms with E-state index in [9.17, 15) is 10.1 Å². The van der Waals surface area contributed by atoms with E-state index in [1.165, 1.54) is 0 Å². The Balaban J connectivity index is 4.51. The lowest BCUT2D eigenvalue weighted by Crippen LogP contribution is -1.97. The first-order valence-electron chi connectivity index (χ1n) is 3.58. The van der Waals surface area contributed by atoms with Crippen molar-refractivity contribution in [3.05, 3.63) is 33.5 Å². The van der Waals surface area contributed by atoms with Crippen LogP contribution < -0.4 is 0 Å². The molecule has 0 heterocycles. The van der Waals surface area contributed by atoms with Gasteiger partial charge in [-0.15, -0.1) is 0 Å². The molecule has 0 rings (SSSR count). The predicted octanol–water partition coefficient (Wildman–Crippen LogP) is 2.52. The lowest BCUT2D eigenvalue weighted by atomic mass is 10.2. The van der Waals surface area contributed by atoms with Crippen molar-refractivity contribution < 1.29 is 4.92 Å². The van der Waals surface area contributed by atoms with Crippen LogP contribution in [0.1, 0.15) is 27.2 Å². The van der Waals surface area contributed by atoms with Crippen LogP contribution in [-0.2, 0) is 0 Å². The third-order valence-electron chi connectivity index (χ3n) is 1.22. The van der Waals surface area contributed by atoms with Gasteiger partial charge in [-0.3, -0.25) is 10.1 Å². The highest BCUT2D eigenvalue weighted by atomic mass is 16.6. The van der Waals surface area contributed by atoms with Gasteiger partial charge < -0.3 is 0 Å². The number of rotatable bonds is 3. The molecule has 0 aromatic carbocycles. The van der Waals surface area contributed by atoms with Gasteiger partial charge in [-0.1, -0.05) is 13.0 Å². The van der Waals surface area contributed by atoms with Crippen molar-refractivity contribution in [2.45, 2.75) is 27.2 Å². The van der Waals surface area contributed by atoms with Crippen molar-refractivity contribution in [2.75, 3.05) is 0 Å². The number of allylic oxidation sites excluding steroid dienone is 3. The maximum Gasteiger partial charge on any atom is 0.267 e. The first-order chi connectivity index (χ1) is 5.09. The highest BCUT2D eigenvalue weighted by Gasteiger charge is 2.06. The zero-order valence-electron chi connectivity index (χ0n) is 7.13. The fraction of sp³-hybridized carbons (Fsp3) is 0.500. The van der Waals surface area contributed by atoms with Gasteiger partial charge in [0.05, 0.1) is 4.92 Å². The largest absolute Gasteiger partial charge is 0.267 e. The van der Waals surface area contributed by atoms with E-state index in [2.05, 4.69) is 0 Å². The Morgan fingerprint density at radius 2 is 2.09 bits per heavy atom. The first kappa shape index (κ1) is 9.88. The molecule has 0 N–H and O–H groups in total. The van der Waals surface area contributed by atoms with Crippen molar-refractivity contribution in [3.8, 4) is 0 Å². The number of hydrogen-bond acceptors (Lipinski definition) is 2. The summed E-state index contributed by atoms with van der Waals surface area (Å²) < 4.78 is 0. The normalized spacial score (nSPS) is 10.1. The van der Waals surface area contributed by atoms with E-state index < -0.39 is 0 Å². The highest BCUT2D eigenvalue weighted by molar-refractivity contribution is 5.15. The van der Waals surface area contributed by atoms with Crippen molar-refractivity contribution in [1.29, 1.82) is 0 Å². The molecule has 0 amide bonds. The molecule has 0 aliphatic heterocycles. The summed E-state index contributed by atoms with van der Waals surface area (Å²) in [7, 11) is 0. The molecule has 0 aromatic rings. The van der Waals surface area contributed by atoms with Gasteiger partial charge >= 0.3 is 0 Å². The topological polar surface area (TPSA) is 43.1 Å². The molecule has 0 aliphatic carbocycles. The molecular weight excluding hydrogens is 142 g/mol. The van der Waals surface area contributed by atoms with Gasteiger partial charge in [0.2, 0.25) is 0 Å². The molecule has 0 unspecified atom stereocenters. The van der Waals surface area contributed by atoms with Crippen molar-refractivity contribution >= 4 is 0 Å². The molecule has 0 aliphatic rings. The Morgan fingerprint density at radius 1 is 1.55 bits per heavy atom. The molecule has 62 valence electrons. The summed E-state index contributed by atoms with van der Waals surface area (Å²) in [6, 6.07) is 0. The Labute approximate surface area is 66.6 Å². The Kier molecular flexibility index (Phi) is 4.18. The first-order valence-corrected chi connectivity index (χ1v) is 3.58. The van der Waals surface area contributed by atoms with E-state index in [-0.39, 0.29) is 10.6 Å². The predicted molar refractivity (Wildman–Crippen MR) is 44.8 cm³/mol.